The van der Waals surface area contributed by atoms with Crippen LogP contribution in [0, 0.1) is 27.7 Å². The summed E-state index contributed by atoms with van der Waals surface area (Å²) in [5, 5.41) is 10.5. The van der Waals surface area contributed by atoms with Gasteiger partial charge in [-0.05, 0) is 60.8 Å². The molecule has 0 spiro atoms. The Morgan fingerprint density at radius 1 is 1.04 bits per heavy atom. The van der Waals surface area contributed by atoms with E-state index in [0.717, 1.165) is 33.6 Å². The molecule has 1 aromatic heterocycles. The highest BCUT2D eigenvalue weighted by atomic mass is 16.6. The van der Waals surface area contributed by atoms with Gasteiger partial charge in [-0.1, -0.05) is 35.9 Å². The monoisotopic (exact) mass is 351 g/mol. The minimum atomic E-state index is -0.324. The molecule has 0 saturated heterocycles. The number of aromatic nitrogens is 2. The molecule has 3 aromatic rings. The van der Waals surface area contributed by atoms with Crippen molar-refractivity contribution in [2.45, 2.75) is 27.7 Å². The summed E-state index contributed by atoms with van der Waals surface area (Å²) in [5.74, 6) is 0.680. The first-order chi connectivity index (χ1) is 12.5. The maximum Gasteiger partial charge on any atom is 0.263 e. The van der Waals surface area contributed by atoms with Crippen molar-refractivity contribution in [3.63, 3.8) is 0 Å². The maximum absolute atomic E-state index is 12.3. The lowest BCUT2D eigenvalue weighted by atomic mass is 10.0. The number of para-hydroxylation sites is 1. The van der Waals surface area contributed by atoms with Gasteiger partial charge in [-0.3, -0.25) is 4.79 Å². The summed E-state index contributed by atoms with van der Waals surface area (Å²) < 4.78 is 10.5. The van der Waals surface area contributed by atoms with Crippen molar-refractivity contribution in [1.29, 1.82) is 0 Å². The third-order valence-corrected chi connectivity index (χ3v) is 4.15. The van der Waals surface area contributed by atoms with E-state index >= 15 is 0 Å². The number of ether oxygens (including phenoxy) is 1. The third-order valence-electron chi connectivity index (χ3n) is 4.15. The van der Waals surface area contributed by atoms with Gasteiger partial charge in [0.1, 0.15) is 5.75 Å². The van der Waals surface area contributed by atoms with Gasteiger partial charge in [0.25, 0.3) is 5.91 Å². The fourth-order valence-corrected chi connectivity index (χ4v) is 2.77. The molecule has 0 fully saturated rings. The first kappa shape index (κ1) is 17.7. The maximum atomic E-state index is 12.3. The number of aryl methyl sites for hydroxylation is 4. The number of anilines is 1. The van der Waals surface area contributed by atoms with Gasteiger partial charge in [0.2, 0.25) is 5.82 Å². The predicted molar refractivity (Wildman–Crippen MR) is 99.2 cm³/mol. The first-order valence-corrected chi connectivity index (χ1v) is 8.34. The molecule has 0 atom stereocenters. The molecule has 2 aromatic carbocycles. The van der Waals surface area contributed by atoms with Gasteiger partial charge in [0.15, 0.2) is 12.3 Å². The Hall–Kier alpha value is -3.15. The number of hydrogen-bond donors (Lipinski definition) is 1. The zero-order valence-electron chi connectivity index (χ0n) is 15.3. The van der Waals surface area contributed by atoms with Crippen LogP contribution in [0.2, 0.25) is 0 Å². The molecule has 0 aliphatic rings. The van der Waals surface area contributed by atoms with E-state index in [1.165, 1.54) is 0 Å². The molecule has 0 aliphatic carbocycles. The van der Waals surface area contributed by atoms with Crippen LogP contribution in [0.3, 0.4) is 0 Å². The molecule has 6 heteroatoms. The van der Waals surface area contributed by atoms with E-state index in [0.29, 0.717) is 5.69 Å². The van der Waals surface area contributed by atoms with E-state index in [1.807, 2.05) is 64.1 Å². The van der Waals surface area contributed by atoms with Crippen LogP contribution in [0.25, 0.3) is 11.3 Å². The van der Waals surface area contributed by atoms with Gasteiger partial charge in [0, 0.05) is 5.56 Å². The predicted octanol–water partition coefficient (Wildman–Crippen LogP) is 3.99. The standard InChI is InChI=1S/C20H21N3O3/c1-12-8-9-13(2)16(10-12)18-20(23-26-22-18)21-17(24)11-25-19-14(3)6-5-7-15(19)4/h5-10H,11H2,1-4H3,(H,21,23,24). The molecule has 1 amide bonds. The largest absolute Gasteiger partial charge is 0.483 e. The van der Waals surface area contributed by atoms with Gasteiger partial charge in [-0.15, -0.1) is 0 Å². The summed E-state index contributed by atoms with van der Waals surface area (Å²) in [4.78, 5) is 12.3. The summed E-state index contributed by atoms with van der Waals surface area (Å²) in [7, 11) is 0. The molecule has 1 heterocycles. The SMILES string of the molecule is Cc1ccc(C)c(-c2nonc2NC(=O)COc2c(C)cccc2C)c1. The van der Waals surface area contributed by atoms with Crippen LogP contribution < -0.4 is 10.1 Å². The molecule has 3 rings (SSSR count). The number of carbonyl (C=O) groups is 1. The summed E-state index contributed by atoms with van der Waals surface area (Å²) in [5.41, 5.74) is 5.45. The van der Waals surface area contributed by atoms with Crippen molar-refractivity contribution >= 4 is 11.7 Å². The zero-order chi connectivity index (χ0) is 18.7. The van der Waals surface area contributed by atoms with Crippen LogP contribution >= 0.6 is 0 Å². The fourth-order valence-electron chi connectivity index (χ4n) is 2.77. The van der Waals surface area contributed by atoms with Crippen molar-refractivity contribution in [3.05, 3.63) is 58.7 Å². The fraction of sp³-hybridized carbons (Fsp3) is 0.250. The Labute approximate surface area is 152 Å². The highest BCUT2D eigenvalue weighted by Crippen LogP contribution is 2.28. The van der Waals surface area contributed by atoms with Gasteiger partial charge in [-0.25, -0.2) is 4.63 Å². The Bertz CT molecular complexity index is 927. The van der Waals surface area contributed by atoms with Crippen LogP contribution in [0.4, 0.5) is 5.82 Å². The topological polar surface area (TPSA) is 77.3 Å². The van der Waals surface area contributed by atoms with Crippen molar-refractivity contribution < 1.29 is 14.2 Å². The number of nitrogens with zero attached hydrogens (tertiary/aromatic N) is 2. The molecular formula is C20H21N3O3. The average molecular weight is 351 g/mol. The zero-order valence-corrected chi connectivity index (χ0v) is 15.3. The lowest BCUT2D eigenvalue weighted by Crippen LogP contribution is -2.21. The van der Waals surface area contributed by atoms with E-state index in [2.05, 4.69) is 15.6 Å². The van der Waals surface area contributed by atoms with Crippen LogP contribution in [0.1, 0.15) is 22.3 Å². The smallest absolute Gasteiger partial charge is 0.263 e. The molecule has 0 bridgehead atoms. The normalized spacial score (nSPS) is 10.6. The van der Waals surface area contributed by atoms with Crippen LogP contribution in [-0.2, 0) is 4.79 Å². The van der Waals surface area contributed by atoms with Crippen molar-refractivity contribution in [2.24, 2.45) is 0 Å². The number of carbonyl (C=O) groups excluding carboxylic acids is 1. The van der Waals surface area contributed by atoms with Gasteiger partial charge < -0.3 is 10.1 Å². The lowest BCUT2D eigenvalue weighted by Gasteiger charge is -2.11. The minimum Gasteiger partial charge on any atom is -0.483 e. The van der Waals surface area contributed by atoms with Crippen molar-refractivity contribution in [1.82, 2.24) is 10.3 Å². The Morgan fingerprint density at radius 3 is 2.50 bits per heavy atom. The van der Waals surface area contributed by atoms with Crippen LogP contribution in [0.15, 0.2) is 41.0 Å². The molecule has 134 valence electrons. The molecule has 0 radical (unpaired) electrons. The van der Waals surface area contributed by atoms with Crippen molar-refractivity contribution in [2.75, 3.05) is 11.9 Å². The third kappa shape index (κ3) is 3.74. The van der Waals surface area contributed by atoms with E-state index in [1.54, 1.807) is 0 Å². The summed E-state index contributed by atoms with van der Waals surface area (Å²) >= 11 is 0. The molecule has 1 N–H and O–H groups in total. The van der Waals surface area contributed by atoms with Gasteiger partial charge in [0.05, 0.1) is 0 Å². The Kier molecular flexibility index (Phi) is 5.02. The lowest BCUT2D eigenvalue weighted by molar-refractivity contribution is -0.118. The van der Waals surface area contributed by atoms with E-state index in [9.17, 15) is 4.79 Å². The molecule has 0 aliphatic heterocycles. The highest BCUT2D eigenvalue weighted by Gasteiger charge is 2.17. The second-order valence-corrected chi connectivity index (χ2v) is 6.34. The molecule has 26 heavy (non-hydrogen) atoms. The number of amides is 1. The average Bonchev–Trinajstić information content (AvgIpc) is 3.04. The second kappa shape index (κ2) is 7.39. The van der Waals surface area contributed by atoms with Crippen LogP contribution in [-0.4, -0.2) is 22.8 Å². The molecule has 6 nitrogen and oxygen atoms in total. The second-order valence-electron chi connectivity index (χ2n) is 6.34. The number of nitrogens with one attached hydrogen (secondary N) is 1. The van der Waals surface area contributed by atoms with Gasteiger partial charge in [-0.2, -0.15) is 0 Å². The number of benzene rings is 2. The summed E-state index contributed by atoms with van der Waals surface area (Å²) in [6, 6.07) is 11.8. The summed E-state index contributed by atoms with van der Waals surface area (Å²) in [6.45, 7) is 7.73. The van der Waals surface area contributed by atoms with Gasteiger partial charge >= 0.3 is 0 Å². The highest BCUT2D eigenvalue weighted by molar-refractivity contribution is 5.94. The van der Waals surface area contributed by atoms with E-state index in [-0.39, 0.29) is 18.3 Å². The summed E-state index contributed by atoms with van der Waals surface area (Å²) in [6.07, 6.45) is 0. The van der Waals surface area contributed by atoms with Crippen LogP contribution in [0.5, 0.6) is 5.75 Å². The molecule has 0 saturated carbocycles. The molecular weight excluding hydrogens is 330 g/mol. The Balaban J connectivity index is 1.73. The molecule has 0 unspecified atom stereocenters. The van der Waals surface area contributed by atoms with Crippen molar-refractivity contribution in [3.8, 4) is 17.0 Å². The quantitative estimate of drug-likeness (QED) is 0.752. The first-order valence-electron chi connectivity index (χ1n) is 8.34. The Morgan fingerprint density at radius 2 is 1.77 bits per heavy atom. The number of rotatable bonds is 5. The van der Waals surface area contributed by atoms with E-state index < -0.39 is 0 Å². The minimum absolute atomic E-state index is 0.120. The van der Waals surface area contributed by atoms with E-state index in [4.69, 9.17) is 9.37 Å². The number of hydrogen-bond acceptors (Lipinski definition) is 5.